The summed E-state index contributed by atoms with van der Waals surface area (Å²) >= 11 is 0. The normalized spacial score (nSPS) is 22.3. The van der Waals surface area contributed by atoms with Crippen LogP contribution in [-0.2, 0) is 11.3 Å². The molecule has 1 aromatic carbocycles. The van der Waals surface area contributed by atoms with Gasteiger partial charge in [-0.05, 0) is 49.3 Å². The van der Waals surface area contributed by atoms with Gasteiger partial charge < -0.3 is 15.2 Å². The highest BCUT2D eigenvalue weighted by Gasteiger charge is 2.36. The first-order valence-corrected chi connectivity index (χ1v) is 8.85. The van der Waals surface area contributed by atoms with E-state index in [4.69, 9.17) is 15.1 Å². The average molecular weight is 343 g/mol. The molecular formula is C19H25N3O3. The van der Waals surface area contributed by atoms with Crippen LogP contribution in [0.15, 0.2) is 18.2 Å². The number of nitrogens with zero attached hydrogens (tertiary/aromatic N) is 2. The predicted molar refractivity (Wildman–Crippen MR) is 93.3 cm³/mol. The number of carbonyl (C=O) groups is 1. The molecule has 0 unspecified atom stereocenters. The zero-order chi connectivity index (χ0) is 17.8. The Hall–Kier alpha value is -2.10. The number of benzene rings is 1. The lowest BCUT2D eigenvalue weighted by atomic mass is 9.85. The van der Waals surface area contributed by atoms with Crippen LogP contribution in [0.5, 0.6) is 5.75 Å². The van der Waals surface area contributed by atoms with Crippen LogP contribution in [0.4, 0.5) is 0 Å². The molecule has 0 aliphatic heterocycles. The molecule has 2 fully saturated rings. The number of rotatable bonds is 9. The van der Waals surface area contributed by atoms with Crippen LogP contribution < -0.4 is 10.1 Å². The van der Waals surface area contributed by atoms with Crippen molar-refractivity contribution in [2.24, 2.45) is 5.92 Å². The summed E-state index contributed by atoms with van der Waals surface area (Å²) < 4.78 is 5.24. The fourth-order valence-corrected chi connectivity index (χ4v) is 3.40. The maximum absolute atomic E-state index is 11.1. The molecule has 0 atom stereocenters. The van der Waals surface area contributed by atoms with Crippen molar-refractivity contribution in [3.63, 3.8) is 0 Å². The molecule has 0 heterocycles. The summed E-state index contributed by atoms with van der Waals surface area (Å²) in [6.07, 6.45) is 4.47. The minimum Gasteiger partial charge on any atom is -0.495 e. The van der Waals surface area contributed by atoms with Crippen molar-refractivity contribution in [3.05, 3.63) is 29.3 Å². The van der Waals surface area contributed by atoms with E-state index in [1.165, 1.54) is 12.8 Å². The fraction of sp³-hybridized carbons (Fsp3) is 0.579. The topological polar surface area (TPSA) is 85.6 Å². The molecule has 0 aromatic heterocycles. The maximum Gasteiger partial charge on any atom is 0.317 e. The number of hydrogen-bond acceptors (Lipinski definition) is 5. The first-order valence-electron chi connectivity index (χ1n) is 8.85. The Balaban J connectivity index is 1.46. The predicted octanol–water partition coefficient (Wildman–Crippen LogP) is 1.98. The van der Waals surface area contributed by atoms with Crippen LogP contribution >= 0.6 is 0 Å². The quantitative estimate of drug-likeness (QED) is 0.713. The van der Waals surface area contributed by atoms with Gasteiger partial charge in [0.25, 0.3) is 0 Å². The Kier molecular flexibility index (Phi) is 5.57. The van der Waals surface area contributed by atoms with Gasteiger partial charge in [0.1, 0.15) is 11.8 Å². The Morgan fingerprint density at radius 2 is 2.20 bits per heavy atom. The van der Waals surface area contributed by atoms with Gasteiger partial charge in [-0.2, -0.15) is 5.26 Å². The number of ether oxygens (including phenoxy) is 1. The van der Waals surface area contributed by atoms with E-state index >= 15 is 0 Å². The van der Waals surface area contributed by atoms with Crippen LogP contribution in [0.1, 0.15) is 36.8 Å². The third kappa shape index (κ3) is 4.71. The van der Waals surface area contributed by atoms with Crippen molar-refractivity contribution in [3.8, 4) is 11.8 Å². The van der Waals surface area contributed by atoms with Crippen LogP contribution in [0.3, 0.4) is 0 Å². The number of nitrogens with one attached hydrogen (secondary N) is 1. The summed E-state index contributed by atoms with van der Waals surface area (Å²) in [5.41, 5.74) is 1.62. The van der Waals surface area contributed by atoms with E-state index in [0.29, 0.717) is 29.3 Å². The summed E-state index contributed by atoms with van der Waals surface area (Å²) in [5.74, 6) is 0.574. The smallest absolute Gasteiger partial charge is 0.317 e. The molecule has 6 nitrogen and oxygen atoms in total. The summed E-state index contributed by atoms with van der Waals surface area (Å²) in [6, 6.07) is 8.53. The summed E-state index contributed by atoms with van der Waals surface area (Å²) in [7, 11) is 1.57. The monoisotopic (exact) mass is 343 g/mol. The molecule has 2 N–H and O–H groups in total. The SMILES string of the molecule is COc1cc(CNC2CC(N(CC(=O)O)CC3CC3)C2)ccc1C#N. The molecule has 0 radical (unpaired) electrons. The zero-order valence-electron chi connectivity index (χ0n) is 14.6. The zero-order valence-corrected chi connectivity index (χ0v) is 14.6. The van der Waals surface area contributed by atoms with Gasteiger partial charge in [-0.15, -0.1) is 0 Å². The van der Waals surface area contributed by atoms with Crippen molar-refractivity contribution < 1.29 is 14.6 Å². The highest BCUT2D eigenvalue weighted by atomic mass is 16.5. The molecule has 0 spiro atoms. The number of carboxylic acids is 1. The van der Waals surface area contributed by atoms with Gasteiger partial charge in [0.2, 0.25) is 0 Å². The Morgan fingerprint density at radius 1 is 1.44 bits per heavy atom. The summed E-state index contributed by atoms with van der Waals surface area (Å²) in [4.78, 5) is 13.2. The molecule has 0 bridgehead atoms. The number of aliphatic carboxylic acids is 1. The van der Waals surface area contributed by atoms with Gasteiger partial charge in [0.15, 0.2) is 0 Å². The van der Waals surface area contributed by atoms with Gasteiger partial charge >= 0.3 is 5.97 Å². The average Bonchev–Trinajstić information content (AvgIpc) is 3.36. The molecule has 25 heavy (non-hydrogen) atoms. The van der Waals surface area contributed by atoms with Crippen LogP contribution in [0.2, 0.25) is 0 Å². The molecule has 2 saturated carbocycles. The Bertz CT molecular complexity index is 660. The van der Waals surface area contributed by atoms with Crippen molar-refractivity contribution >= 4 is 5.97 Å². The van der Waals surface area contributed by atoms with E-state index < -0.39 is 5.97 Å². The minimum atomic E-state index is -0.735. The third-order valence-electron chi connectivity index (χ3n) is 5.14. The Morgan fingerprint density at radius 3 is 2.80 bits per heavy atom. The van der Waals surface area contributed by atoms with Crippen LogP contribution in [-0.4, -0.2) is 48.3 Å². The molecule has 134 valence electrons. The van der Waals surface area contributed by atoms with Crippen molar-refractivity contribution in [1.82, 2.24) is 10.2 Å². The van der Waals surface area contributed by atoms with Crippen molar-refractivity contribution in [2.75, 3.05) is 20.2 Å². The largest absolute Gasteiger partial charge is 0.495 e. The van der Waals surface area contributed by atoms with E-state index in [1.54, 1.807) is 13.2 Å². The second-order valence-corrected chi connectivity index (χ2v) is 7.12. The van der Waals surface area contributed by atoms with Gasteiger partial charge in [-0.25, -0.2) is 0 Å². The summed E-state index contributed by atoms with van der Waals surface area (Å²) in [6.45, 7) is 1.80. The standard InChI is InChI=1S/C19H25N3O3/c1-25-18-6-14(4-5-15(18)9-20)10-21-16-7-17(8-16)22(12-19(23)24)11-13-2-3-13/h4-6,13,16-17,21H,2-3,7-8,10-12H2,1H3,(H,23,24). The van der Waals surface area contributed by atoms with Gasteiger partial charge in [-0.3, -0.25) is 9.69 Å². The second kappa shape index (κ2) is 7.85. The van der Waals surface area contributed by atoms with Crippen LogP contribution in [0.25, 0.3) is 0 Å². The molecular weight excluding hydrogens is 318 g/mol. The van der Waals surface area contributed by atoms with E-state index in [2.05, 4.69) is 16.3 Å². The molecule has 2 aliphatic carbocycles. The number of carboxylic acid groups (broad SMARTS) is 1. The number of methoxy groups -OCH3 is 1. The van der Waals surface area contributed by atoms with E-state index in [-0.39, 0.29) is 6.54 Å². The number of hydrogen-bond donors (Lipinski definition) is 2. The first kappa shape index (κ1) is 17.7. The van der Waals surface area contributed by atoms with E-state index in [0.717, 1.165) is 31.5 Å². The molecule has 3 rings (SSSR count). The van der Waals surface area contributed by atoms with Gasteiger partial charge in [-0.1, -0.05) is 6.07 Å². The minimum absolute atomic E-state index is 0.153. The lowest BCUT2D eigenvalue weighted by Gasteiger charge is -2.43. The molecule has 0 amide bonds. The molecule has 0 saturated heterocycles. The van der Waals surface area contributed by atoms with Gasteiger partial charge in [0.05, 0.1) is 19.2 Å². The summed E-state index contributed by atoms with van der Waals surface area (Å²) in [5, 5.41) is 21.6. The highest BCUT2D eigenvalue weighted by molar-refractivity contribution is 5.69. The Labute approximate surface area is 148 Å². The van der Waals surface area contributed by atoms with Crippen LogP contribution in [0, 0.1) is 17.2 Å². The van der Waals surface area contributed by atoms with Gasteiger partial charge in [0, 0.05) is 25.2 Å². The molecule has 1 aromatic rings. The third-order valence-corrected chi connectivity index (χ3v) is 5.14. The lowest BCUT2D eigenvalue weighted by molar-refractivity contribution is -0.139. The second-order valence-electron chi connectivity index (χ2n) is 7.12. The molecule has 2 aliphatic rings. The van der Waals surface area contributed by atoms with E-state index in [9.17, 15) is 4.79 Å². The maximum atomic E-state index is 11.1. The van der Waals surface area contributed by atoms with Crippen molar-refractivity contribution in [1.29, 1.82) is 5.26 Å². The fourth-order valence-electron chi connectivity index (χ4n) is 3.40. The lowest BCUT2D eigenvalue weighted by Crippen LogP contribution is -2.54. The molecule has 6 heteroatoms. The number of nitriles is 1. The highest BCUT2D eigenvalue weighted by Crippen LogP contribution is 2.33. The van der Waals surface area contributed by atoms with Crippen molar-refractivity contribution in [2.45, 2.75) is 44.3 Å². The first-order chi connectivity index (χ1) is 12.1. The van der Waals surface area contributed by atoms with E-state index in [1.807, 2.05) is 12.1 Å².